The van der Waals surface area contributed by atoms with Gasteiger partial charge in [0, 0.05) is 0 Å². The smallest absolute Gasteiger partial charge is 0.0126 e. The lowest BCUT2D eigenvalue weighted by atomic mass is 9.83. The monoisotopic (exact) mass is 159 g/mol. The Morgan fingerprint density at radius 1 is 1.08 bits per heavy atom. The summed E-state index contributed by atoms with van der Waals surface area (Å²) in [5.41, 5.74) is 2.13. The van der Waals surface area contributed by atoms with E-state index in [0.717, 1.165) is 11.1 Å². The number of rotatable bonds is 1. The second-order valence-electron chi connectivity index (χ2n) is 4.03. The predicted molar refractivity (Wildman–Crippen MR) is 53.6 cm³/mol. The molecule has 12 heavy (non-hydrogen) atoms. The third-order valence-electron chi connectivity index (χ3n) is 1.89. The summed E-state index contributed by atoms with van der Waals surface area (Å²) >= 11 is 0. The Bertz CT molecular complexity index is 262. The Balaban J connectivity index is 2.94. The second-order valence-corrected chi connectivity index (χ2v) is 4.03. The lowest BCUT2D eigenvalue weighted by Crippen LogP contribution is -2.06. The largest absolute Gasteiger partial charge is 0.0622 e. The predicted octanol–water partition coefficient (Wildman–Crippen LogP) is 3.55. The minimum atomic E-state index is 0.0569. The maximum atomic E-state index is 5.99. The molecule has 0 aliphatic rings. The molecule has 0 aromatic heterocycles. The van der Waals surface area contributed by atoms with Crippen molar-refractivity contribution >= 4 is 5.57 Å². The zero-order chi connectivity index (χ0) is 9.19. The van der Waals surface area contributed by atoms with Gasteiger partial charge in [-0.25, -0.2) is 0 Å². The van der Waals surface area contributed by atoms with Crippen molar-refractivity contribution in [3.05, 3.63) is 42.5 Å². The summed E-state index contributed by atoms with van der Waals surface area (Å²) < 4.78 is 0. The van der Waals surface area contributed by atoms with Gasteiger partial charge in [-0.1, -0.05) is 57.7 Å². The van der Waals surface area contributed by atoms with E-state index in [2.05, 4.69) is 20.8 Å². The highest BCUT2D eigenvalue weighted by molar-refractivity contribution is 5.65. The van der Waals surface area contributed by atoms with Crippen LogP contribution in [0.3, 0.4) is 0 Å². The number of hydrogen-bond acceptors (Lipinski definition) is 0. The van der Waals surface area contributed by atoms with E-state index < -0.39 is 0 Å². The van der Waals surface area contributed by atoms with E-state index in [1.165, 1.54) is 0 Å². The van der Waals surface area contributed by atoms with Gasteiger partial charge in [-0.05, 0) is 16.6 Å². The van der Waals surface area contributed by atoms with Gasteiger partial charge in [0.2, 0.25) is 0 Å². The highest BCUT2D eigenvalue weighted by atomic mass is 14.2. The number of allylic oxidation sites excluding steroid dienone is 1. The summed E-state index contributed by atoms with van der Waals surface area (Å²) in [6.45, 7) is 12.3. The first-order chi connectivity index (χ1) is 5.52. The summed E-state index contributed by atoms with van der Waals surface area (Å²) in [5.74, 6) is 0. The van der Waals surface area contributed by atoms with Crippen molar-refractivity contribution < 1.29 is 0 Å². The van der Waals surface area contributed by atoms with Gasteiger partial charge in [-0.3, -0.25) is 0 Å². The number of benzene rings is 1. The normalized spacial score (nSPS) is 11.2. The van der Waals surface area contributed by atoms with E-state index in [0.29, 0.717) is 0 Å². The first kappa shape index (κ1) is 9.05. The average Bonchev–Trinajstić information content (AvgIpc) is 2.03. The van der Waals surface area contributed by atoms with Crippen LogP contribution in [0.5, 0.6) is 0 Å². The SMILES string of the molecule is [CH]=C(c1ccccc1)C(C)(C)C. The van der Waals surface area contributed by atoms with E-state index in [1.54, 1.807) is 0 Å². The molecular formula is C12H15. The fraction of sp³-hybridized carbons (Fsp3) is 0.333. The van der Waals surface area contributed by atoms with Gasteiger partial charge in [-0.2, -0.15) is 0 Å². The molecule has 0 spiro atoms. The molecule has 0 bridgehead atoms. The van der Waals surface area contributed by atoms with Crippen molar-refractivity contribution in [1.29, 1.82) is 0 Å². The molecule has 0 nitrogen and oxygen atoms in total. The first-order valence-electron chi connectivity index (χ1n) is 4.20. The van der Waals surface area contributed by atoms with Crippen LogP contribution >= 0.6 is 0 Å². The zero-order valence-corrected chi connectivity index (χ0v) is 7.96. The lowest BCUT2D eigenvalue weighted by Gasteiger charge is -2.21. The van der Waals surface area contributed by atoms with Crippen molar-refractivity contribution in [2.45, 2.75) is 20.8 Å². The maximum absolute atomic E-state index is 5.99. The van der Waals surface area contributed by atoms with Crippen molar-refractivity contribution in [2.75, 3.05) is 0 Å². The van der Waals surface area contributed by atoms with Crippen molar-refractivity contribution in [2.24, 2.45) is 5.41 Å². The molecule has 0 aliphatic heterocycles. The van der Waals surface area contributed by atoms with Crippen molar-refractivity contribution in [3.8, 4) is 0 Å². The zero-order valence-electron chi connectivity index (χ0n) is 7.96. The minimum Gasteiger partial charge on any atom is -0.0622 e. The first-order valence-corrected chi connectivity index (χ1v) is 4.20. The third kappa shape index (κ3) is 1.97. The standard InChI is InChI=1S/C12H15/c1-10(12(2,3)4)11-8-6-5-7-9-11/h1,5-9H,2-4H3. The fourth-order valence-corrected chi connectivity index (χ4v) is 1.05. The van der Waals surface area contributed by atoms with E-state index in [1.807, 2.05) is 30.3 Å². The van der Waals surface area contributed by atoms with Gasteiger partial charge in [0.25, 0.3) is 0 Å². The Kier molecular flexibility index (Phi) is 2.37. The van der Waals surface area contributed by atoms with E-state index in [-0.39, 0.29) is 5.41 Å². The Morgan fingerprint density at radius 3 is 2.00 bits per heavy atom. The quantitative estimate of drug-likeness (QED) is 0.588. The Labute approximate surface area is 74.9 Å². The summed E-state index contributed by atoms with van der Waals surface area (Å²) in [5, 5.41) is 0. The van der Waals surface area contributed by atoms with E-state index in [9.17, 15) is 0 Å². The van der Waals surface area contributed by atoms with Gasteiger partial charge in [0.05, 0.1) is 0 Å². The molecular weight excluding hydrogens is 144 g/mol. The summed E-state index contributed by atoms with van der Waals surface area (Å²) in [6.07, 6.45) is 0. The van der Waals surface area contributed by atoms with Crippen LogP contribution < -0.4 is 0 Å². The van der Waals surface area contributed by atoms with Crippen LogP contribution in [0.4, 0.5) is 0 Å². The van der Waals surface area contributed by atoms with E-state index >= 15 is 0 Å². The van der Waals surface area contributed by atoms with Crippen LogP contribution in [0, 0.1) is 12.0 Å². The molecule has 0 saturated carbocycles. The van der Waals surface area contributed by atoms with Crippen LogP contribution in [0.1, 0.15) is 26.3 Å². The lowest BCUT2D eigenvalue weighted by molar-refractivity contribution is 0.567. The maximum Gasteiger partial charge on any atom is -0.0126 e. The molecule has 1 radical (unpaired) electrons. The highest BCUT2D eigenvalue weighted by Crippen LogP contribution is 2.31. The Hall–Kier alpha value is -1.04. The molecule has 1 aromatic rings. The molecule has 0 aliphatic carbocycles. The molecule has 1 rings (SSSR count). The van der Waals surface area contributed by atoms with Crippen LogP contribution in [0.2, 0.25) is 0 Å². The van der Waals surface area contributed by atoms with Gasteiger partial charge in [0.15, 0.2) is 0 Å². The molecule has 0 fully saturated rings. The van der Waals surface area contributed by atoms with Crippen LogP contribution in [-0.4, -0.2) is 0 Å². The molecule has 0 atom stereocenters. The molecule has 0 heterocycles. The molecule has 0 saturated heterocycles. The minimum absolute atomic E-state index is 0.0569. The van der Waals surface area contributed by atoms with Crippen molar-refractivity contribution in [1.82, 2.24) is 0 Å². The fourth-order valence-electron chi connectivity index (χ4n) is 1.05. The third-order valence-corrected chi connectivity index (χ3v) is 1.89. The van der Waals surface area contributed by atoms with Gasteiger partial charge in [0.1, 0.15) is 0 Å². The highest BCUT2D eigenvalue weighted by Gasteiger charge is 2.15. The van der Waals surface area contributed by atoms with Crippen LogP contribution in [0.25, 0.3) is 5.57 Å². The Morgan fingerprint density at radius 2 is 1.58 bits per heavy atom. The second kappa shape index (κ2) is 3.14. The summed E-state index contributed by atoms with van der Waals surface area (Å²) in [6, 6.07) is 10.1. The van der Waals surface area contributed by atoms with Gasteiger partial charge < -0.3 is 0 Å². The van der Waals surface area contributed by atoms with Gasteiger partial charge in [-0.15, -0.1) is 0 Å². The topological polar surface area (TPSA) is 0 Å². The summed E-state index contributed by atoms with van der Waals surface area (Å²) in [4.78, 5) is 0. The molecule has 0 N–H and O–H groups in total. The van der Waals surface area contributed by atoms with Crippen LogP contribution in [0.15, 0.2) is 30.3 Å². The molecule has 63 valence electrons. The average molecular weight is 159 g/mol. The van der Waals surface area contributed by atoms with Crippen molar-refractivity contribution in [3.63, 3.8) is 0 Å². The van der Waals surface area contributed by atoms with E-state index in [4.69, 9.17) is 6.58 Å². The number of hydrogen-bond donors (Lipinski definition) is 0. The van der Waals surface area contributed by atoms with Crippen LogP contribution in [-0.2, 0) is 0 Å². The molecule has 0 unspecified atom stereocenters. The molecule has 0 amide bonds. The van der Waals surface area contributed by atoms with Gasteiger partial charge >= 0.3 is 0 Å². The molecule has 1 aromatic carbocycles. The molecule has 0 heteroatoms. The summed E-state index contributed by atoms with van der Waals surface area (Å²) in [7, 11) is 0.